The van der Waals surface area contributed by atoms with Crippen molar-refractivity contribution in [1.29, 1.82) is 0 Å². The summed E-state index contributed by atoms with van der Waals surface area (Å²) in [6.07, 6.45) is 3.97. The van der Waals surface area contributed by atoms with Crippen LogP contribution >= 0.6 is 12.2 Å². The van der Waals surface area contributed by atoms with Gasteiger partial charge in [-0.2, -0.15) is 5.10 Å². The molecule has 0 bridgehead atoms. The van der Waals surface area contributed by atoms with Crippen LogP contribution in [0.1, 0.15) is 20.3 Å². The molecule has 0 spiro atoms. The lowest BCUT2D eigenvalue weighted by atomic mass is 10.1. The Hall–Kier alpha value is -1.43. The summed E-state index contributed by atoms with van der Waals surface area (Å²) in [6.45, 7) is 4.61. The maximum absolute atomic E-state index is 11.8. The molecular formula is C10H16N4OS. The quantitative estimate of drug-likeness (QED) is 0.757. The molecule has 1 rings (SSSR count). The number of amides is 1. The number of aromatic nitrogens is 2. The largest absolute Gasteiger partial charge is 0.393 e. The van der Waals surface area contributed by atoms with E-state index in [2.05, 4.69) is 10.4 Å². The van der Waals surface area contributed by atoms with Crippen molar-refractivity contribution in [3.05, 3.63) is 12.4 Å². The Morgan fingerprint density at radius 3 is 2.81 bits per heavy atom. The van der Waals surface area contributed by atoms with Gasteiger partial charge in [-0.3, -0.25) is 9.48 Å². The molecule has 88 valence electrons. The van der Waals surface area contributed by atoms with Crippen molar-refractivity contribution in [1.82, 2.24) is 9.78 Å². The monoisotopic (exact) mass is 240 g/mol. The molecule has 1 unspecified atom stereocenters. The molecular weight excluding hydrogens is 224 g/mol. The van der Waals surface area contributed by atoms with Gasteiger partial charge in [-0.1, -0.05) is 19.1 Å². The van der Waals surface area contributed by atoms with Crippen LogP contribution in [0, 0.1) is 5.92 Å². The summed E-state index contributed by atoms with van der Waals surface area (Å²) in [5, 5.41) is 6.79. The number of carbonyl (C=O) groups excluding carboxylic acids is 1. The van der Waals surface area contributed by atoms with Crippen LogP contribution in [0.3, 0.4) is 0 Å². The van der Waals surface area contributed by atoms with E-state index >= 15 is 0 Å². The highest BCUT2D eigenvalue weighted by Crippen LogP contribution is 2.10. The maximum atomic E-state index is 11.8. The third-order valence-electron chi connectivity index (χ3n) is 2.29. The van der Waals surface area contributed by atoms with Crippen molar-refractivity contribution in [2.75, 3.05) is 5.32 Å². The van der Waals surface area contributed by atoms with E-state index in [9.17, 15) is 4.79 Å². The van der Waals surface area contributed by atoms with Gasteiger partial charge in [-0.05, 0) is 13.3 Å². The smallest absolute Gasteiger partial charge is 0.234 e. The van der Waals surface area contributed by atoms with Crippen LogP contribution in [0.25, 0.3) is 0 Å². The van der Waals surface area contributed by atoms with E-state index in [-0.39, 0.29) is 10.9 Å². The molecule has 0 aliphatic carbocycles. The normalized spacial score (nSPS) is 12.1. The summed E-state index contributed by atoms with van der Waals surface area (Å²) in [7, 11) is 0. The van der Waals surface area contributed by atoms with Gasteiger partial charge < -0.3 is 11.1 Å². The first-order valence-electron chi connectivity index (χ1n) is 5.21. The topological polar surface area (TPSA) is 72.9 Å². The molecule has 0 radical (unpaired) electrons. The average molecular weight is 240 g/mol. The molecule has 0 aliphatic rings. The maximum Gasteiger partial charge on any atom is 0.234 e. The number of hydrogen-bond acceptors (Lipinski definition) is 3. The lowest BCUT2D eigenvalue weighted by Crippen LogP contribution is -2.32. The SMILES string of the molecule is CCC(C(=O)Nc1cnn(CC)c1)C(N)=S. The van der Waals surface area contributed by atoms with Gasteiger partial charge in [0, 0.05) is 12.7 Å². The standard InChI is InChI=1S/C10H16N4OS/c1-3-8(9(11)16)10(15)13-7-5-12-14(4-2)6-7/h5-6,8H,3-4H2,1-2H3,(H2,11,16)(H,13,15). The van der Waals surface area contributed by atoms with Crippen molar-refractivity contribution in [3.63, 3.8) is 0 Å². The zero-order valence-corrected chi connectivity index (χ0v) is 10.3. The zero-order valence-electron chi connectivity index (χ0n) is 9.43. The van der Waals surface area contributed by atoms with E-state index in [4.69, 9.17) is 18.0 Å². The number of carbonyl (C=O) groups is 1. The van der Waals surface area contributed by atoms with E-state index in [1.54, 1.807) is 17.1 Å². The minimum atomic E-state index is -0.417. The Bertz CT molecular complexity index is 388. The number of anilines is 1. The minimum Gasteiger partial charge on any atom is -0.393 e. The lowest BCUT2D eigenvalue weighted by Gasteiger charge is -2.11. The fourth-order valence-electron chi connectivity index (χ4n) is 1.35. The Kier molecular flexibility index (Phi) is 4.42. The van der Waals surface area contributed by atoms with Crippen molar-refractivity contribution >= 4 is 28.8 Å². The number of thiocarbonyl (C=S) groups is 1. The summed E-state index contributed by atoms with van der Waals surface area (Å²) >= 11 is 4.83. The molecule has 0 fully saturated rings. The molecule has 1 amide bonds. The van der Waals surface area contributed by atoms with Gasteiger partial charge in [0.1, 0.15) is 0 Å². The fourth-order valence-corrected chi connectivity index (χ4v) is 1.62. The second-order valence-electron chi connectivity index (χ2n) is 3.44. The van der Waals surface area contributed by atoms with Crippen molar-refractivity contribution in [2.24, 2.45) is 11.7 Å². The molecule has 5 nitrogen and oxygen atoms in total. The molecule has 1 aromatic rings. The summed E-state index contributed by atoms with van der Waals surface area (Å²) in [6, 6.07) is 0. The van der Waals surface area contributed by atoms with Crippen LogP contribution in [-0.2, 0) is 11.3 Å². The minimum absolute atomic E-state index is 0.175. The number of hydrogen-bond donors (Lipinski definition) is 2. The van der Waals surface area contributed by atoms with E-state index in [1.165, 1.54) is 0 Å². The molecule has 1 atom stereocenters. The van der Waals surface area contributed by atoms with Gasteiger partial charge >= 0.3 is 0 Å². The second-order valence-corrected chi connectivity index (χ2v) is 3.91. The Balaban J connectivity index is 2.66. The Morgan fingerprint density at radius 1 is 1.69 bits per heavy atom. The third-order valence-corrected chi connectivity index (χ3v) is 2.58. The molecule has 0 saturated heterocycles. The highest BCUT2D eigenvalue weighted by Gasteiger charge is 2.19. The molecule has 0 aromatic carbocycles. The molecule has 16 heavy (non-hydrogen) atoms. The predicted octanol–water partition coefficient (Wildman–Crippen LogP) is 1.15. The van der Waals surface area contributed by atoms with Gasteiger partial charge in [0.05, 0.1) is 22.8 Å². The average Bonchev–Trinajstić information content (AvgIpc) is 2.65. The highest BCUT2D eigenvalue weighted by molar-refractivity contribution is 7.80. The molecule has 3 N–H and O–H groups in total. The van der Waals surface area contributed by atoms with E-state index in [1.807, 2.05) is 13.8 Å². The molecule has 6 heteroatoms. The first-order valence-corrected chi connectivity index (χ1v) is 5.61. The van der Waals surface area contributed by atoms with Crippen LogP contribution in [0.4, 0.5) is 5.69 Å². The van der Waals surface area contributed by atoms with Gasteiger partial charge in [0.15, 0.2) is 0 Å². The van der Waals surface area contributed by atoms with Crippen LogP contribution in [0.15, 0.2) is 12.4 Å². The second kappa shape index (κ2) is 5.60. The van der Waals surface area contributed by atoms with Gasteiger partial charge in [-0.25, -0.2) is 0 Å². The van der Waals surface area contributed by atoms with Crippen molar-refractivity contribution < 1.29 is 4.79 Å². The van der Waals surface area contributed by atoms with Gasteiger partial charge in [-0.15, -0.1) is 0 Å². The van der Waals surface area contributed by atoms with E-state index in [0.717, 1.165) is 6.54 Å². The Labute approximate surface area is 100 Å². The van der Waals surface area contributed by atoms with Crippen LogP contribution in [0.5, 0.6) is 0 Å². The van der Waals surface area contributed by atoms with Gasteiger partial charge in [0.2, 0.25) is 5.91 Å². The van der Waals surface area contributed by atoms with E-state index in [0.29, 0.717) is 12.1 Å². The predicted molar refractivity (Wildman–Crippen MR) is 67.1 cm³/mol. The molecule has 1 aromatic heterocycles. The first-order chi connectivity index (χ1) is 7.58. The molecule has 0 saturated carbocycles. The summed E-state index contributed by atoms with van der Waals surface area (Å²) in [4.78, 5) is 12.0. The lowest BCUT2D eigenvalue weighted by molar-refractivity contribution is -0.118. The van der Waals surface area contributed by atoms with Crippen LogP contribution in [0.2, 0.25) is 0 Å². The Morgan fingerprint density at radius 2 is 2.38 bits per heavy atom. The fraction of sp³-hybridized carbons (Fsp3) is 0.500. The number of aryl methyl sites for hydroxylation is 1. The number of nitrogens with two attached hydrogens (primary N) is 1. The highest BCUT2D eigenvalue weighted by atomic mass is 32.1. The van der Waals surface area contributed by atoms with Crippen LogP contribution in [-0.4, -0.2) is 20.7 Å². The van der Waals surface area contributed by atoms with Gasteiger partial charge in [0.25, 0.3) is 0 Å². The van der Waals surface area contributed by atoms with Crippen molar-refractivity contribution in [3.8, 4) is 0 Å². The summed E-state index contributed by atoms with van der Waals surface area (Å²) in [5.41, 5.74) is 6.15. The summed E-state index contributed by atoms with van der Waals surface area (Å²) < 4.78 is 1.73. The number of nitrogens with zero attached hydrogens (tertiary/aromatic N) is 2. The number of rotatable bonds is 5. The summed E-state index contributed by atoms with van der Waals surface area (Å²) in [5.74, 6) is -0.592. The zero-order chi connectivity index (χ0) is 12.1. The van der Waals surface area contributed by atoms with E-state index < -0.39 is 5.92 Å². The first kappa shape index (κ1) is 12.6. The van der Waals surface area contributed by atoms with Crippen molar-refractivity contribution in [2.45, 2.75) is 26.8 Å². The third kappa shape index (κ3) is 3.03. The molecule has 1 heterocycles. The molecule has 0 aliphatic heterocycles. The van der Waals surface area contributed by atoms with Crippen LogP contribution < -0.4 is 11.1 Å². The number of nitrogens with one attached hydrogen (secondary N) is 1.